The Kier molecular flexibility index (Phi) is 10.9. The lowest BCUT2D eigenvalue weighted by Crippen LogP contribution is -2.52. The molecule has 7 heteroatoms. The first kappa shape index (κ1) is 27.5. The van der Waals surface area contributed by atoms with Gasteiger partial charge in [0.15, 0.2) is 0 Å². The summed E-state index contributed by atoms with van der Waals surface area (Å²) in [5.74, 6) is -0.0743. The van der Waals surface area contributed by atoms with E-state index in [0.29, 0.717) is 37.7 Å². The molecule has 1 aliphatic rings. The van der Waals surface area contributed by atoms with Gasteiger partial charge >= 0.3 is 6.03 Å². The van der Waals surface area contributed by atoms with Gasteiger partial charge in [0, 0.05) is 50.3 Å². The van der Waals surface area contributed by atoms with Gasteiger partial charge in [-0.15, -0.1) is 0 Å². The minimum Gasteiger partial charge on any atom is -0.385 e. The van der Waals surface area contributed by atoms with Gasteiger partial charge in [-0.3, -0.25) is 0 Å². The number of aliphatic hydroxyl groups is 1. The molecule has 192 valence electrons. The van der Waals surface area contributed by atoms with E-state index in [2.05, 4.69) is 17.4 Å². The summed E-state index contributed by atoms with van der Waals surface area (Å²) in [7, 11) is 1.69. The van der Waals surface area contributed by atoms with Gasteiger partial charge in [-0.05, 0) is 68.2 Å². The van der Waals surface area contributed by atoms with Gasteiger partial charge in [-0.2, -0.15) is 0 Å². The quantitative estimate of drug-likeness (QED) is 0.367. The Balaban J connectivity index is 1.58. The second-order valence-electron chi connectivity index (χ2n) is 9.64. The normalized spacial score (nSPS) is 18.6. The minimum atomic E-state index is -1.05. The predicted molar refractivity (Wildman–Crippen MR) is 142 cm³/mol. The number of carbonyl (C=O) groups is 1. The molecule has 1 aliphatic heterocycles. The van der Waals surface area contributed by atoms with Gasteiger partial charge in [0.25, 0.3) is 0 Å². The number of ether oxygens (including phenoxy) is 1. The van der Waals surface area contributed by atoms with Crippen molar-refractivity contribution >= 4 is 17.6 Å². The predicted octanol–water partition coefficient (Wildman–Crippen LogP) is 4.73. The van der Waals surface area contributed by atoms with Gasteiger partial charge in [-0.1, -0.05) is 54.1 Å². The first-order valence-electron chi connectivity index (χ1n) is 12.7. The maximum absolute atomic E-state index is 13.0. The zero-order valence-corrected chi connectivity index (χ0v) is 21.6. The number of urea groups is 1. The molecule has 3 atom stereocenters. The number of halogens is 1. The number of likely N-dealkylation sites (tertiary alicyclic amines) is 1. The fraction of sp³-hybridized carbons (Fsp3) is 0.536. The molecule has 0 spiro atoms. The molecule has 3 rings (SSSR count). The number of aryl methyl sites for hydroxylation is 1. The molecular weight excluding hydrogens is 462 g/mol. The summed E-state index contributed by atoms with van der Waals surface area (Å²) in [6.45, 7) is 2.27. The number of nitrogens with one attached hydrogen (secondary N) is 1. The van der Waals surface area contributed by atoms with E-state index in [1.807, 2.05) is 47.4 Å². The number of piperidine rings is 1. The summed E-state index contributed by atoms with van der Waals surface area (Å²) in [4.78, 5) is 14.8. The Hall–Kier alpha value is -2.12. The van der Waals surface area contributed by atoms with E-state index in [1.165, 1.54) is 5.56 Å². The van der Waals surface area contributed by atoms with E-state index in [0.717, 1.165) is 44.1 Å². The van der Waals surface area contributed by atoms with Crippen LogP contribution in [-0.2, 0) is 16.8 Å². The highest BCUT2D eigenvalue weighted by atomic mass is 35.5. The molecule has 0 radical (unpaired) electrons. The molecule has 0 aliphatic carbocycles. The summed E-state index contributed by atoms with van der Waals surface area (Å²) in [6.07, 6.45) is 5.70. The first-order valence-corrected chi connectivity index (χ1v) is 13.1. The number of carbonyl (C=O) groups excluding carboxylic acids is 1. The average molecular weight is 502 g/mol. The van der Waals surface area contributed by atoms with Crippen LogP contribution in [0.3, 0.4) is 0 Å². The highest BCUT2D eigenvalue weighted by Crippen LogP contribution is 2.40. The number of hydrogen-bond donors (Lipinski definition) is 3. The minimum absolute atomic E-state index is 0.0743. The fourth-order valence-corrected chi connectivity index (χ4v) is 5.15. The molecule has 4 N–H and O–H groups in total. The standard InChI is InChI=1S/C28H40ClN3O3/c1-35-18-6-5-16-28(34,23-11-7-13-25(29)19-23)24-12-8-17-32(21-24)27(33)31-20-26(30)15-14-22-9-3-2-4-10-22/h2-4,7,9-11,13,19,24,26,34H,5-6,8,12,14-18,20-21,30H2,1H3,(H,31,33)/t24-,26-,28-/m1/s1. The SMILES string of the molecule is COCCCC[C@@](O)(c1cccc(Cl)c1)[C@@H]1CCCN(C(=O)NC[C@H](N)CCc2ccccc2)C1. The van der Waals surface area contributed by atoms with Crippen LogP contribution >= 0.6 is 11.6 Å². The monoisotopic (exact) mass is 501 g/mol. The molecule has 0 unspecified atom stereocenters. The first-order chi connectivity index (χ1) is 16.9. The Labute approximate surface area is 214 Å². The number of nitrogens with zero attached hydrogens (tertiary/aromatic N) is 1. The van der Waals surface area contributed by atoms with Crippen LogP contribution in [0.4, 0.5) is 4.79 Å². The van der Waals surface area contributed by atoms with E-state index in [4.69, 9.17) is 22.1 Å². The lowest BCUT2D eigenvalue weighted by molar-refractivity contribution is -0.0562. The molecule has 0 aromatic heterocycles. The zero-order chi connectivity index (χ0) is 25.1. The highest BCUT2D eigenvalue weighted by Gasteiger charge is 2.41. The number of amides is 2. The number of nitrogens with two attached hydrogens (primary N) is 1. The van der Waals surface area contributed by atoms with Gasteiger partial charge in [0.2, 0.25) is 0 Å². The van der Waals surface area contributed by atoms with Crippen LogP contribution < -0.4 is 11.1 Å². The van der Waals surface area contributed by atoms with Crippen LogP contribution in [0.15, 0.2) is 54.6 Å². The molecular formula is C28H40ClN3O3. The maximum atomic E-state index is 13.0. The number of benzene rings is 2. The molecule has 0 bridgehead atoms. The smallest absolute Gasteiger partial charge is 0.317 e. The third kappa shape index (κ3) is 8.21. The molecule has 2 amide bonds. The Bertz CT molecular complexity index is 913. The van der Waals surface area contributed by atoms with E-state index in [-0.39, 0.29) is 18.0 Å². The lowest BCUT2D eigenvalue weighted by Gasteiger charge is -2.43. The molecule has 1 heterocycles. The van der Waals surface area contributed by atoms with Gasteiger partial charge in [0.1, 0.15) is 0 Å². The van der Waals surface area contributed by atoms with Gasteiger partial charge in [0.05, 0.1) is 5.60 Å². The molecule has 2 aromatic carbocycles. The summed E-state index contributed by atoms with van der Waals surface area (Å²) >= 11 is 6.27. The van der Waals surface area contributed by atoms with Crippen molar-refractivity contribution in [3.63, 3.8) is 0 Å². The molecule has 1 saturated heterocycles. The Morgan fingerprint density at radius 2 is 2.06 bits per heavy atom. The van der Waals surface area contributed by atoms with Gasteiger partial charge < -0.3 is 25.8 Å². The average Bonchev–Trinajstić information content (AvgIpc) is 2.89. The Morgan fingerprint density at radius 3 is 2.80 bits per heavy atom. The van der Waals surface area contributed by atoms with Crippen LogP contribution in [0.2, 0.25) is 5.02 Å². The third-order valence-corrected chi connectivity index (χ3v) is 7.26. The molecule has 35 heavy (non-hydrogen) atoms. The second-order valence-corrected chi connectivity index (χ2v) is 10.1. The van der Waals surface area contributed by atoms with Crippen molar-refractivity contribution in [2.45, 2.75) is 56.6 Å². The number of unbranched alkanes of at least 4 members (excludes halogenated alkanes) is 1. The lowest BCUT2D eigenvalue weighted by atomic mass is 9.74. The van der Waals surface area contributed by atoms with Crippen LogP contribution in [0.25, 0.3) is 0 Å². The summed E-state index contributed by atoms with van der Waals surface area (Å²) in [6, 6.07) is 17.5. The maximum Gasteiger partial charge on any atom is 0.317 e. The number of rotatable bonds is 12. The summed E-state index contributed by atoms with van der Waals surface area (Å²) < 4.78 is 5.19. The van der Waals surface area contributed by atoms with Crippen LogP contribution in [0, 0.1) is 5.92 Å². The molecule has 1 fully saturated rings. The van der Waals surface area contributed by atoms with E-state index in [9.17, 15) is 9.90 Å². The largest absolute Gasteiger partial charge is 0.385 e. The van der Waals surface area contributed by atoms with Crippen molar-refractivity contribution in [1.82, 2.24) is 10.2 Å². The van der Waals surface area contributed by atoms with Crippen LogP contribution in [0.1, 0.15) is 49.7 Å². The topological polar surface area (TPSA) is 87.8 Å². The number of methoxy groups -OCH3 is 1. The van der Waals surface area contributed by atoms with Crippen molar-refractivity contribution in [2.75, 3.05) is 33.4 Å². The van der Waals surface area contributed by atoms with Crippen LogP contribution in [0.5, 0.6) is 0 Å². The van der Waals surface area contributed by atoms with Gasteiger partial charge in [-0.25, -0.2) is 4.79 Å². The van der Waals surface area contributed by atoms with Crippen molar-refractivity contribution in [1.29, 1.82) is 0 Å². The zero-order valence-electron chi connectivity index (χ0n) is 20.8. The second kappa shape index (κ2) is 13.8. The highest BCUT2D eigenvalue weighted by molar-refractivity contribution is 6.30. The van der Waals surface area contributed by atoms with E-state index >= 15 is 0 Å². The summed E-state index contributed by atoms with van der Waals surface area (Å²) in [5, 5.41) is 15.6. The Morgan fingerprint density at radius 1 is 1.26 bits per heavy atom. The molecule has 0 saturated carbocycles. The van der Waals surface area contributed by atoms with Crippen molar-refractivity contribution in [2.24, 2.45) is 11.7 Å². The number of hydrogen-bond acceptors (Lipinski definition) is 4. The van der Waals surface area contributed by atoms with Crippen molar-refractivity contribution in [3.8, 4) is 0 Å². The summed E-state index contributed by atoms with van der Waals surface area (Å²) in [5.41, 5.74) is 7.28. The third-order valence-electron chi connectivity index (χ3n) is 7.03. The van der Waals surface area contributed by atoms with Crippen molar-refractivity contribution < 1.29 is 14.6 Å². The molecule has 2 aromatic rings. The van der Waals surface area contributed by atoms with Crippen molar-refractivity contribution in [3.05, 3.63) is 70.7 Å². The van der Waals surface area contributed by atoms with E-state index < -0.39 is 5.60 Å². The fourth-order valence-electron chi connectivity index (χ4n) is 4.96. The van der Waals surface area contributed by atoms with E-state index in [1.54, 1.807) is 7.11 Å². The van der Waals surface area contributed by atoms with Crippen LogP contribution in [-0.4, -0.2) is 55.4 Å². The molecule has 6 nitrogen and oxygen atoms in total.